The van der Waals surface area contributed by atoms with E-state index < -0.39 is 17.2 Å². The first-order valence-electron chi connectivity index (χ1n) is 4.33. The van der Waals surface area contributed by atoms with Crippen molar-refractivity contribution in [2.45, 2.75) is 19.3 Å². The van der Waals surface area contributed by atoms with Gasteiger partial charge in [0.25, 0.3) is 0 Å². The third kappa shape index (κ3) is 1.82. The second-order valence-electron chi connectivity index (χ2n) is 3.51. The Bertz CT molecular complexity index is 450. The molecule has 1 unspecified atom stereocenters. The number of hydrogen-bond acceptors (Lipinski definition) is 2. The van der Waals surface area contributed by atoms with Gasteiger partial charge in [0, 0.05) is 0 Å². The number of aryl methyl sites for hydroxylation is 1. The van der Waals surface area contributed by atoms with E-state index in [1.807, 2.05) is 0 Å². The molecule has 0 amide bonds. The zero-order valence-electron chi connectivity index (χ0n) is 8.41. The molecule has 0 aliphatic rings. The highest BCUT2D eigenvalue weighted by Gasteiger charge is 2.35. The topological polar surface area (TPSA) is 61.1 Å². The van der Waals surface area contributed by atoms with Crippen molar-refractivity contribution in [1.29, 1.82) is 5.26 Å². The van der Waals surface area contributed by atoms with Gasteiger partial charge >= 0.3 is 5.97 Å². The summed E-state index contributed by atoms with van der Waals surface area (Å²) in [5.41, 5.74) is -1.01. The van der Waals surface area contributed by atoms with Crippen LogP contribution in [0.15, 0.2) is 18.2 Å². The van der Waals surface area contributed by atoms with Crippen molar-refractivity contribution >= 4 is 5.97 Å². The van der Waals surface area contributed by atoms with Crippen molar-refractivity contribution in [2.75, 3.05) is 0 Å². The zero-order valence-corrected chi connectivity index (χ0v) is 8.41. The molecule has 1 N–H and O–H groups in total. The van der Waals surface area contributed by atoms with Crippen LogP contribution >= 0.6 is 0 Å². The number of carboxylic acid groups (broad SMARTS) is 1. The molecule has 15 heavy (non-hydrogen) atoms. The van der Waals surface area contributed by atoms with Crippen LogP contribution in [0.2, 0.25) is 0 Å². The number of nitriles is 1. The molecule has 0 saturated carbocycles. The quantitative estimate of drug-likeness (QED) is 0.806. The average molecular weight is 207 g/mol. The number of nitrogens with zero attached hydrogens (tertiary/aromatic N) is 1. The smallest absolute Gasteiger partial charge is 0.328 e. The summed E-state index contributed by atoms with van der Waals surface area (Å²) in [7, 11) is 0. The number of carbonyl (C=O) groups is 1. The van der Waals surface area contributed by atoms with Gasteiger partial charge in [0.2, 0.25) is 0 Å². The van der Waals surface area contributed by atoms with Gasteiger partial charge in [-0.25, -0.2) is 4.39 Å². The molecule has 0 fully saturated rings. The predicted octanol–water partition coefficient (Wildman–Crippen LogP) is 2.00. The number of carboxylic acids is 1. The number of halogens is 1. The van der Waals surface area contributed by atoms with E-state index in [1.54, 1.807) is 6.07 Å². The maximum Gasteiger partial charge on any atom is 0.328 e. The van der Waals surface area contributed by atoms with E-state index in [0.717, 1.165) is 0 Å². The lowest BCUT2D eigenvalue weighted by atomic mass is 9.83. The van der Waals surface area contributed by atoms with Gasteiger partial charge in [0.15, 0.2) is 5.41 Å². The fourth-order valence-electron chi connectivity index (χ4n) is 1.19. The zero-order chi connectivity index (χ0) is 11.6. The van der Waals surface area contributed by atoms with E-state index in [0.29, 0.717) is 5.56 Å². The summed E-state index contributed by atoms with van der Waals surface area (Å²) in [6.45, 7) is 2.82. The Morgan fingerprint density at radius 2 is 2.20 bits per heavy atom. The second kappa shape index (κ2) is 3.70. The number of hydrogen-bond donors (Lipinski definition) is 1. The van der Waals surface area contributed by atoms with Gasteiger partial charge < -0.3 is 5.11 Å². The van der Waals surface area contributed by atoms with Crippen molar-refractivity contribution in [3.63, 3.8) is 0 Å². The molecule has 3 nitrogen and oxygen atoms in total. The summed E-state index contributed by atoms with van der Waals surface area (Å²) in [5, 5.41) is 17.8. The molecule has 0 aliphatic heterocycles. The lowest BCUT2D eigenvalue weighted by molar-refractivity contribution is -0.141. The fourth-order valence-corrected chi connectivity index (χ4v) is 1.19. The van der Waals surface area contributed by atoms with E-state index in [4.69, 9.17) is 10.4 Å². The third-order valence-electron chi connectivity index (χ3n) is 2.39. The molecule has 1 rings (SSSR count). The maximum absolute atomic E-state index is 13.0. The SMILES string of the molecule is Cc1cc(C(C)(C#N)C(=O)O)ccc1F. The lowest BCUT2D eigenvalue weighted by Gasteiger charge is -2.16. The first kappa shape index (κ1) is 11.2. The average Bonchev–Trinajstić information content (AvgIpc) is 2.20. The Hall–Kier alpha value is -1.89. The molecule has 1 atom stereocenters. The standard InChI is InChI=1S/C11H10FNO2/c1-7-5-8(3-4-9(7)12)11(2,6-13)10(14)15/h3-5H,1-2H3,(H,14,15). The summed E-state index contributed by atoms with van der Waals surface area (Å²) in [6, 6.07) is 5.59. The lowest BCUT2D eigenvalue weighted by Crippen LogP contribution is -2.30. The van der Waals surface area contributed by atoms with E-state index >= 15 is 0 Å². The molecule has 78 valence electrons. The van der Waals surface area contributed by atoms with Crippen LogP contribution in [0.25, 0.3) is 0 Å². The van der Waals surface area contributed by atoms with Gasteiger partial charge in [0.1, 0.15) is 5.82 Å². The molecule has 1 aromatic rings. The molecule has 0 heterocycles. The number of aliphatic carboxylic acids is 1. The molecule has 0 aliphatic carbocycles. The largest absolute Gasteiger partial charge is 0.480 e. The monoisotopic (exact) mass is 207 g/mol. The predicted molar refractivity (Wildman–Crippen MR) is 51.7 cm³/mol. The summed E-state index contributed by atoms with van der Waals surface area (Å²) < 4.78 is 13.0. The molecular formula is C11H10FNO2. The van der Waals surface area contributed by atoms with E-state index in [2.05, 4.69) is 0 Å². The summed E-state index contributed by atoms with van der Waals surface area (Å²) >= 11 is 0. The molecule has 0 bridgehead atoms. The summed E-state index contributed by atoms with van der Waals surface area (Å²) in [6.07, 6.45) is 0. The Morgan fingerprint density at radius 3 is 2.60 bits per heavy atom. The molecule has 0 spiro atoms. The minimum atomic E-state index is -1.63. The van der Waals surface area contributed by atoms with Crippen LogP contribution in [-0.2, 0) is 10.2 Å². The Morgan fingerprint density at radius 1 is 1.60 bits per heavy atom. The maximum atomic E-state index is 13.0. The van der Waals surface area contributed by atoms with Gasteiger partial charge in [-0.05, 0) is 31.0 Å². The highest BCUT2D eigenvalue weighted by atomic mass is 19.1. The van der Waals surface area contributed by atoms with Crippen LogP contribution in [0.3, 0.4) is 0 Å². The van der Waals surface area contributed by atoms with Crippen molar-refractivity contribution in [3.8, 4) is 6.07 Å². The highest BCUT2D eigenvalue weighted by molar-refractivity contribution is 5.84. The molecule has 0 aromatic heterocycles. The molecule has 0 saturated heterocycles. The van der Waals surface area contributed by atoms with Crippen LogP contribution in [0, 0.1) is 24.1 Å². The number of benzene rings is 1. The van der Waals surface area contributed by atoms with Crippen molar-refractivity contribution in [3.05, 3.63) is 35.1 Å². The Labute approximate surface area is 86.8 Å². The second-order valence-corrected chi connectivity index (χ2v) is 3.51. The third-order valence-corrected chi connectivity index (χ3v) is 2.39. The molecular weight excluding hydrogens is 197 g/mol. The van der Waals surface area contributed by atoms with Gasteiger partial charge in [-0.2, -0.15) is 5.26 Å². The first-order valence-corrected chi connectivity index (χ1v) is 4.33. The van der Waals surface area contributed by atoms with E-state index in [1.165, 1.54) is 32.0 Å². The molecule has 1 aromatic carbocycles. The van der Waals surface area contributed by atoms with Crippen LogP contribution < -0.4 is 0 Å². The van der Waals surface area contributed by atoms with Crippen LogP contribution in [0.4, 0.5) is 4.39 Å². The van der Waals surface area contributed by atoms with Crippen LogP contribution in [0.5, 0.6) is 0 Å². The van der Waals surface area contributed by atoms with Gasteiger partial charge in [-0.1, -0.05) is 12.1 Å². The van der Waals surface area contributed by atoms with E-state index in [9.17, 15) is 9.18 Å². The first-order chi connectivity index (χ1) is 6.91. The molecule has 0 radical (unpaired) electrons. The Balaban J connectivity index is 3.33. The van der Waals surface area contributed by atoms with Gasteiger partial charge in [0.05, 0.1) is 6.07 Å². The van der Waals surface area contributed by atoms with Gasteiger partial charge in [-0.3, -0.25) is 4.79 Å². The summed E-state index contributed by atoms with van der Waals surface area (Å²) in [5.74, 6) is -1.65. The van der Waals surface area contributed by atoms with Crippen LogP contribution in [0.1, 0.15) is 18.1 Å². The van der Waals surface area contributed by atoms with E-state index in [-0.39, 0.29) is 5.56 Å². The van der Waals surface area contributed by atoms with Crippen molar-refractivity contribution < 1.29 is 14.3 Å². The van der Waals surface area contributed by atoms with Crippen molar-refractivity contribution in [1.82, 2.24) is 0 Å². The normalized spacial score (nSPS) is 14.0. The Kier molecular flexibility index (Phi) is 2.76. The fraction of sp³-hybridized carbons (Fsp3) is 0.273. The summed E-state index contributed by atoms with van der Waals surface area (Å²) in [4.78, 5) is 10.9. The minimum absolute atomic E-state index is 0.288. The molecule has 4 heteroatoms. The van der Waals surface area contributed by atoms with Crippen LogP contribution in [-0.4, -0.2) is 11.1 Å². The number of rotatable bonds is 2. The minimum Gasteiger partial charge on any atom is -0.480 e. The van der Waals surface area contributed by atoms with Crippen molar-refractivity contribution in [2.24, 2.45) is 0 Å². The van der Waals surface area contributed by atoms with Gasteiger partial charge in [-0.15, -0.1) is 0 Å². The highest BCUT2D eigenvalue weighted by Crippen LogP contribution is 2.25.